The number of hydrogen-bond donors (Lipinski definition) is 1. The molecular formula is C14H21NO. The maximum atomic E-state index is 5.74. The molecule has 0 atom stereocenters. The molecule has 16 heavy (non-hydrogen) atoms. The van der Waals surface area contributed by atoms with Crippen molar-refractivity contribution in [2.45, 2.75) is 26.2 Å². The molecule has 2 rings (SSSR count). The second-order valence-corrected chi connectivity index (χ2v) is 5.61. The van der Waals surface area contributed by atoms with Gasteiger partial charge in [0.1, 0.15) is 5.75 Å². The van der Waals surface area contributed by atoms with E-state index in [1.54, 1.807) is 0 Å². The molecule has 1 aliphatic heterocycles. The monoisotopic (exact) mass is 219 g/mol. The van der Waals surface area contributed by atoms with Crippen molar-refractivity contribution >= 4 is 0 Å². The lowest BCUT2D eigenvalue weighted by Crippen LogP contribution is -2.45. The van der Waals surface area contributed by atoms with Crippen LogP contribution in [0.25, 0.3) is 0 Å². The van der Waals surface area contributed by atoms with E-state index in [1.165, 1.54) is 5.56 Å². The van der Waals surface area contributed by atoms with Gasteiger partial charge in [-0.1, -0.05) is 32.9 Å². The third-order valence-electron chi connectivity index (χ3n) is 3.07. The van der Waals surface area contributed by atoms with Gasteiger partial charge in [-0.25, -0.2) is 0 Å². The van der Waals surface area contributed by atoms with E-state index >= 15 is 0 Å². The van der Waals surface area contributed by atoms with E-state index in [-0.39, 0.29) is 5.41 Å². The van der Waals surface area contributed by atoms with Crippen LogP contribution in [0.15, 0.2) is 24.3 Å². The van der Waals surface area contributed by atoms with Crippen LogP contribution in [0.3, 0.4) is 0 Å². The highest BCUT2D eigenvalue weighted by molar-refractivity contribution is 5.31. The SMILES string of the molecule is CC(C)(C)c1ccc(OCC2CNC2)cc1. The van der Waals surface area contributed by atoms with Crippen molar-refractivity contribution in [2.24, 2.45) is 5.92 Å². The lowest BCUT2D eigenvalue weighted by atomic mass is 9.87. The highest BCUT2D eigenvalue weighted by Crippen LogP contribution is 2.24. The van der Waals surface area contributed by atoms with Crippen LogP contribution in [0.2, 0.25) is 0 Å². The number of ether oxygens (including phenoxy) is 1. The molecule has 0 radical (unpaired) electrons. The zero-order valence-corrected chi connectivity index (χ0v) is 10.4. The van der Waals surface area contributed by atoms with Gasteiger partial charge in [-0.3, -0.25) is 0 Å². The molecule has 1 fully saturated rings. The zero-order valence-electron chi connectivity index (χ0n) is 10.4. The molecule has 0 aliphatic carbocycles. The average molecular weight is 219 g/mol. The summed E-state index contributed by atoms with van der Waals surface area (Å²) in [6.07, 6.45) is 0. The Labute approximate surface area is 98.0 Å². The van der Waals surface area contributed by atoms with Crippen molar-refractivity contribution in [1.29, 1.82) is 0 Å². The predicted molar refractivity (Wildman–Crippen MR) is 67.0 cm³/mol. The minimum absolute atomic E-state index is 0.219. The van der Waals surface area contributed by atoms with Crippen LogP contribution in [0.4, 0.5) is 0 Å². The molecule has 0 amide bonds. The van der Waals surface area contributed by atoms with Gasteiger partial charge in [0.15, 0.2) is 0 Å². The zero-order chi connectivity index (χ0) is 11.6. The van der Waals surface area contributed by atoms with Gasteiger partial charge >= 0.3 is 0 Å². The molecular weight excluding hydrogens is 198 g/mol. The minimum atomic E-state index is 0.219. The molecule has 88 valence electrons. The van der Waals surface area contributed by atoms with Crippen LogP contribution in [-0.4, -0.2) is 19.7 Å². The lowest BCUT2D eigenvalue weighted by molar-refractivity contribution is 0.199. The third-order valence-corrected chi connectivity index (χ3v) is 3.07. The fraction of sp³-hybridized carbons (Fsp3) is 0.571. The smallest absolute Gasteiger partial charge is 0.119 e. The van der Waals surface area contributed by atoms with Crippen LogP contribution in [0.1, 0.15) is 26.3 Å². The summed E-state index contributed by atoms with van der Waals surface area (Å²) in [5, 5.41) is 3.25. The Kier molecular flexibility index (Phi) is 3.20. The van der Waals surface area contributed by atoms with Crippen molar-refractivity contribution in [2.75, 3.05) is 19.7 Å². The summed E-state index contributed by atoms with van der Waals surface area (Å²) in [6, 6.07) is 8.47. The molecule has 0 saturated carbocycles. The molecule has 1 aromatic carbocycles. The Morgan fingerprint density at radius 3 is 2.25 bits per heavy atom. The average Bonchev–Trinajstić information content (AvgIpc) is 2.15. The van der Waals surface area contributed by atoms with Crippen molar-refractivity contribution in [1.82, 2.24) is 5.32 Å². The van der Waals surface area contributed by atoms with Gasteiger partial charge < -0.3 is 10.1 Å². The van der Waals surface area contributed by atoms with Crippen LogP contribution in [0.5, 0.6) is 5.75 Å². The standard InChI is InChI=1S/C14H21NO/c1-14(2,3)12-4-6-13(7-5-12)16-10-11-8-15-9-11/h4-7,11,15H,8-10H2,1-3H3. The molecule has 0 spiro atoms. The highest BCUT2D eigenvalue weighted by atomic mass is 16.5. The molecule has 1 heterocycles. The molecule has 0 aromatic heterocycles. The summed E-state index contributed by atoms with van der Waals surface area (Å²) in [7, 11) is 0. The van der Waals surface area contributed by atoms with Gasteiger partial charge in [0.05, 0.1) is 6.61 Å². The Morgan fingerprint density at radius 2 is 1.81 bits per heavy atom. The van der Waals surface area contributed by atoms with E-state index < -0.39 is 0 Å². The summed E-state index contributed by atoms with van der Waals surface area (Å²) in [6.45, 7) is 9.71. The topological polar surface area (TPSA) is 21.3 Å². The Morgan fingerprint density at radius 1 is 1.19 bits per heavy atom. The Bertz CT molecular complexity index is 333. The van der Waals surface area contributed by atoms with E-state index in [4.69, 9.17) is 4.74 Å². The van der Waals surface area contributed by atoms with E-state index in [2.05, 4.69) is 50.4 Å². The fourth-order valence-corrected chi connectivity index (χ4v) is 1.73. The van der Waals surface area contributed by atoms with Crippen molar-refractivity contribution < 1.29 is 4.74 Å². The van der Waals surface area contributed by atoms with Gasteiger partial charge in [-0.15, -0.1) is 0 Å². The van der Waals surface area contributed by atoms with Gasteiger partial charge in [0.25, 0.3) is 0 Å². The van der Waals surface area contributed by atoms with E-state index in [1.807, 2.05) is 0 Å². The van der Waals surface area contributed by atoms with Gasteiger partial charge in [0, 0.05) is 19.0 Å². The van der Waals surface area contributed by atoms with Gasteiger partial charge in [-0.2, -0.15) is 0 Å². The summed E-state index contributed by atoms with van der Waals surface area (Å²) < 4.78 is 5.74. The van der Waals surface area contributed by atoms with Crippen molar-refractivity contribution in [3.05, 3.63) is 29.8 Å². The minimum Gasteiger partial charge on any atom is -0.493 e. The van der Waals surface area contributed by atoms with E-state index in [0.29, 0.717) is 5.92 Å². The molecule has 1 aromatic rings. The molecule has 0 bridgehead atoms. The summed E-state index contributed by atoms with van der Waals surface area (Å²) in [5.74, 6) is 1.68. The summed E-state index contributed by atoms with van der Waals surface area (Å²) in [5.41, 5.74) is 1.57. The Hall–Kier alpha value is -1.02. The number of nitrogens with one attached hydrogen (secondary N) is 1. The molecule has 1 aliphatic rings. The van der Waals surface area contributed by atoms with Crippen LogP contribution >= 0.6 is 0 Å². The maximum absolute atomic E-state index is 5.74. The molecule has 1 N–H and O–H groups in total. The lowest BCUT2D eigenvalue weighted by Gasteiger charge is -2.27. The number of hydrogen-bond acceptors (Lipinski definition) is 2. The van der Waals surface area contributed by atoms with E-state index in [0.717, 1.165) is 25.4 Å². The normalized spacial score (nSPS) is 16.9. The number of rotatable bonds is 3. The van der Waals surface area contributed by atoms with Crippen molar-refractivity contribution in [3.63, 3.8) is 0 Å². The van der Waals surface area contributed by atoms with Crippen LogP contribution in [-0.2, 0) is 5.41 Å². The predicted octanol–water partition coefficient (Wildman–Crippen LogP) is 2.58. The fourth-order valence-electron chi connectivity index (χ4n) is 1.73. The highest BCUT2D eigenvalue weighted by Gasteiger charge is 2.17. The molecule has 0 unspecified atom stereocenters. The number of benzene rings is 1. The molecule has 1 saturated heterocycles. The third kappa shape index (κ3) is 2.76. The Balaban J connectivity index is 1.91. The first-order chi connectivity index (χ1) is 7.55. The first kappa shape index (κ1) is 11.5. The van der Waals surface area contributed by atoms with Crippen LogP contribution < -0.4 is 10.1 Å². The molecule has 2 heteroatoms. The van der Waals surface area contributed by atoms with Crippen LogP contribution in [0, 0.1) is 5.92 Å². The van der Waals surface area contributed by atoms with Crippen molar-refractivity contribution in [3.8, 4) is 5.75 Å². The second kappa shape index (κ2) is 4.46. The van der Waals surface area contributed by atoms with Gasteiger partial charge in [0.2, 0.25) is 0 Å². The first-order valence-corrected chi connectivity index (χ1v) is 6.00. The van der Waals surface area contributed by atoms with E-state index in [9.17, 15) is 0 Å². The second-order valence-electron chi connectivity index (χ2n) is 5.61. The quantitative estimate of drug-likeness (QED) is 0.843. The first-order valence-electron chi connectivity index (χ1n) is 6.00. The largest absolute Gasteiger partial charge is 0.493 e. The summed E-state index contributed by atoms with van der Waals surface area (Å²) in [4.78, 5) is 0. The maximum Gasteiger partial charge on any atom is 0.119 e. The molecule has 2 nitrogen and oxygen atoms in total. The van der Waals surface area contributed by atoms with Gasteiger partial charge in [-0.05, 0) is 23.1 Å². The summed E-state index contributed by atoms with van der Waals surface area (Å²) >= 11 is 0.